The van der Waals surface area contributed by atoms with E-state index in [4.69, 9.17) is 4.74 Å². The van der Waals surface area contributed by atoms with Gasteiger partial charge in [0.1, 0.15) is 18.6 Å². The zero-order valence-corrected chi connectivity index (χ0v) is 13.1. The fraction of sp³-hybridized carbons (Fsp3) is 0.500. The lowest BCUT2D eigenvalue weighted by molar-refractivity contribution is -0.385. The van der Waals surface area contributed by atoms with Crippen LogP contribution in [0.2, 0.25) is 0 Å². The summed E-state index contributed by atoms with van der Waals surface area (Å²) < 4.78 is 5.38. The van der Waals surface area contributed by atoms with Crippen LogP contribution in [-0.4, -0.2) is 35.1 Å². The number of hydrogen-bond donors (Lipinski definition) is 0. The second kappa shape index (κ2) is 7.18. The van der Waals surface area contributed by atoms with Gasteiger partial charge in [0.15, 0.2) is 0 Å². The van der Waals surface area contributed by atoms with E-state index in [0.29, 0.717) is 16.9 Å². The quantitative estimate of drug-likeness (QED) is 0.447. The average Bonchev–Trinajstić information content (AvgIpc) is 2.36. The van der Waals surface area contributed by atoms with Crippen LogP contribution in [0.25, 0.3) is 0 Å². The number of carbonyl (C=O) groups excluding carboxylic acids is 1. The number of nitro groups is 1. The molecule has 1 aromatic heterocycles. The number of aromatic nitrogens is 1. The maximum atomic E-state index is 11.6. The molecule has 0 radical (unpaired) electrons. The molecule has 20 heavy (non-hydrogen) atoms. The summed E-state index contributed by atoms with van der Waals surface area (Å²) in [5.74, 6) is 0.104. The van der Waals surface area contributed by atoms with Gasteiger partial charge in [-0.25, -0.2) is 4.98 Å². The van der Waals surface area contributed by atoms with Gasteiger partial charge in [0.25, 0.3) is 5.69 Å². The number of esters is 1. The van der Waals surface area contributed by atoms with Gasteiger partial charge < -0.3 is 9.64 Å². The predicted octanol–water partition coefficient (Wildman–Crippen LogP) is 2.53. The van der Waals surface area contributed by atoms with Crippen LogP contribution in [0.4, 0.5) is 11.5 Å². The van der Waals surface area contributed by atoms with Crippen LogP contribution in [0.3, 0.4) is 0 Å². The Morgan fingerprint density at radius 1 is 1.60 bits per heavy atom. The second-order valence-corrected chi connectivity index (χ2v) is 5.14. The highest BCUT2D eigenvalue weighted by Gasteiger charge is 2.21. The molecule has 8 heteroatoms. The van der Waals surface area contributed by atoms with Gasteiger partial charge in [0.05, 0.1) is 16.0 Å². The number of anilines is 1. The van der Waals surface area contributed by atoms with Crippen molar-refractivity contribution in [2.75, 3.05) is 18.1 Å². The van der Waals surface area contributed by atoms with Crippen molar-refractivity contribution in [3.63, 3.8) is 0 Å². The van der Waals surface area contributed by atoms with E-state index in [9.17, 15) is 14.9 Å². The first-order valence-electron chi connectivity index (χ1n) is 6.09. The Balaban J connectivity index is 3.03. The smallest absolute Gasteiger partial charge is 0.325 e. The first-order chi connectivity index (χ1) is 9.36. The standard InChI is InChI=1S/C12H16BrN3O4/c1-4-20-11(17)7-15(8(2)3)12-10(13)5-9(6-14-12)16(18)19/h5-6,8H,4,7H2,1-3H3. The fourth-order valence-electron chi connectivity index (χ4n) is 1.58. The van der Waals surface area contributed by atoms with Crippen molar-refractivity contribution in [3.05, 3.63) is 26.9 Å². The Morgan fingerprint density at radius 3 is 2.70 bits per heavy atom. The van der Waals surface area contributed by atoms with E-state index >= 15 is 0 Å². The molecule has 0 atom stereocenters. The summed E-state index contributed by atoms with van der Waals surface area (Å²) in [6.45, 7) is 5.87. The third-order valence-corrected chi connectivity index (χ3v) is 3.10. The maximum absolute atomic E-state index is 11.6. The Morgan fingerprint density at radius 2 is 2.25 bits per heavy atom. The summed E-state index contributed by atoms with van der Waals surface area (Å²) in [5.41, 5.74) is -0.111. The van der Waals surface area contributed by atoms with Crippen molar-refractivity contribution in [3.8, 4) is 0 Å². The second-order valence-electron chi connectivity index (χ2n) is 4.28. The Labute approximate surface area is 125 Å². The number of halogens is 1. The van der Waals surface area contributed by atoms with Gasteiger partial charge in [0, 0.05) is 12.1 Å². The van der Waals surface area contributed by atoms with Gasteiger partial charge in [-0.2, -0.15) is 0 Å². The summed E-state index contributed by atoms with van der Waals surface area (Å²) >= 11 is 3.25. The van der Waals surface area contributed by atoms with E-state index in [-0.39, 0.29) is 24.2 Å². The lowest BCUT2D eigenvalue weighted by atomic mass is 10.3. The van der Waals surface area contributed by atoms with Crippen LogP contribution in [0.1, 0.15) is 20.8 Å². The Kier molecular flexibility index (Phi) is 5.87. The number of hydrogen-bond acceptors (Lipinski definition) is 6. The minimum absolute atomic E-state index is 0.00957. The summed E-state index contributed by atoms with van der Waals surface area (Å²) in [6.07, 6.45) is 1.17. The summed E-state index contributed by atoms with van der Waals surface area (Å²) in [5, 5.41) is 10.7. The third kappa shape index (κ3) is 4.16. The van der Waals surface area contributed by atoms with Crippen molar-refractivity contribution in [1.29, 1.82) is 0 Å². The summed E-state index contributed by atoms with van der Waals surface area (Å²) in [4.78, 5) is 27.5. The number of pyridine rings is 1. The molecule has 1 heterocycles. The Hall–Kier alpha value is -1.70. The number of ether oxygens (including phenoxy) is 1. The normalized spacial score (nSPS) is 10.4. The molecule has 0 aliphatic rings. The van der Waals surface area contributed by atoms with Crippen molar-refractivity contribution < 1.29 is 14.5 Å². The fourth-order valence-corrected chi connectivity index (χ4v) is 2.14. The molecule has 0 aromatic carbocycles. The molecule has 0 aliphatic heterocycles. The molecule has 7 nitrogen and oxygen atoms in total. The molecular weight excluding hydrogens is 330 g/mol. The van der Waals surface area contributed by atoms with E-state index in [0.717, 1.165) is 0 Å². The van der Waals surface area contributed by atoms with Crippen LogP contribution >= 0.6 is 15.9 Å². The molecule has 110 valence electrons. The SMILES string of the molecule is CCOC(=O)CN(c1ncc([N+](=O)[O-])cc1Br)C(C)C. The highest BCUT2D eigenvalue weighted by atomic mass is 79.9. The van der Waals surface area contributed by atoms with Crippen molar-refractivity contribution in [2.45, 2.75) is 26.8 Å². The topological polar surface area (TPSA) is 85.6 Å². The third-order valence-electron chi connectivity index (χ3n) is 2.52. The first kappa shape index (κ1) is 16.4. The van der Waals surface area contributed by atoms with Crippen LogP contribution in [0, 0.1) is 10.1 Å². The zero-order chi connectivity index (χ0) is 15.3. The average molecular weight is 346 g/mol. The number of rotatable bonds is 6. The van der Waals surface area contributed by atoms with E-state index in [1.54, 1.807) is 11.8 Å². The van der Waals surface area contributed by atoms with E-state index in [1.165, 1.54) is 12.3 Å². The minimum atomic E-state index is -0.521. The maximum Gasteiger partial charge on any atom is 0.325 e. The molecule has 0 fully saturated rings. The monoisotopic (exact) mass is 345 g/mol. The van der Waals surface area contributed by atoms with Crippen molar-refractivity contribution >= 4 is 33.4 Å². The van der Waals surface area contributed by atoms with Crippen LogP contribution in [0.15, 0.2) is 16.7 Å². The van der Waals surface area contributed by atoms with Gasteiger partial charge in [-0.15, -0.1) is 0 Å². The summed E-state index contributed by atoms with van der Waals surface area (Å²) in [6, 6.07) is 1.35. The van der Waals surface area contributed by atoms with E-state index in [1.807, 2.05) is 13.8 Å². The van der Waals surface area contributed by atoms with Gasteiger partial charge in [0.2, 0.25) is 0 Å². The molecule has 0 saturated heterocycles. The van der Waals surface area contributed by atoms with Crippen molar-refractivity contribution in [2.24, 2.45) is 0 Å². The first-order valence-corrected chi connectivity index (χ1v) is 6.88. The minimum Gasteiger partial charge on any atom is -0.465 e. The van der Waals surface area contributed by atoms with Gasteiger partial charge in [-0.05, 0) is 36.7 Å². The van der Waals surface area contributed by atoms with E-state index in [2.05, 4.69) is 20.9 Å². The number of carbonyl (C=O) groups is 1. The molecule has 0 spiro atoms. The molecule has 0 N–H and O–H groups in total. The molecule has 0 bridgehead atoms. The van der Waals surface area contributed by atoms with E-state index < -0.39 is 4.92 Å². The van der Waals surface area contributed by atoms with Crippen LogP contribution < -0.4 is 4.90 Å². The van der Waals surface area contributed by atoms with Gasteiger partial charge in [-0.1, -0.05) is 0 Å². The van der Waals surface area contributed by atoms with Gasteiger partial charge >= 0.3 is 5.97 Å². The van der Waals surface area contributed by atoms with Crippen LogP contribution in [-0.2, 0) is 9.53 Å². The lowest BCUT2D eigenvalue weighted by Gasteiger charge is -2.27. The summed E-state index contributed by atoms with van der Waals surface area (Å²) in [7, 11) is 0. The molecule has 0 amide bonds. The number of nitrogens with zero attached hydrogens (tertiary/aromatic N) is 3. The molecule has 0 unspecified atom stereocenters. The lowest BCUT2D eigenvalue weighted by Crippen LogP contribution is -2.37. The zero-order valence-electron chi connectivity index (χ0n) is 11.5. The highest BCUT2D eigenvalue weighted by molar-refractivity contribution is 9.10. The molecule has 0 aliphatic carbocycles. The molecule has 1 rings (SSSR count). The van der Waals surface area contributed by atoms with Crippen molar-refractivity contribution in [1.82, 2.24) is 4.98 Å². The largest absolute Gasteiger partial charge is 0.465 e. The Bertz CT molecular complexity index is 507. The molecule has 0 saturated carbocycles. The van der Waals surface area contributed by atoms with Gasteiger partial charge in [-0.3, -0.25) is 14.9 Å². The molecular formula is C12H16BrN3O4. The van der Waals surface area contributed by atoms with Crippen LogP contribution in [0.5, 0.6) is 0 Å². The highest BCUT2D eigenvalue weighted by Crippen LogP contribution is 2.28. The predicted molar refractivity (Wildman–Crippen MR) is 77.7 cm³/mol. The molecule has 1 aromatic rings.